The Hall–Kier alpha value is -1.82. The summed E-state index contributed by atoms with van der Waals surface area (Å²) in [5, 5.41) is 2.97. The van der Waals surface area contributed by atoms with E-state index in [1.54, 1.807) is 18.2 Å². The first-order valence-electron chi connectivity index (χ1n) is 5.62. The zero-order chi connectivity index (χ0) is 13.3. The molecule has 0 bridgehead atoms. The molecule has 6 heteroatoms. The predicted molar refractivity (Wildman–Crippen MR) is 68.0 cm³/mol. The molecule has 1 heterocycles. The van der Waals surface area contributed by atoms with E-state index in [9.17, 15) is 13.2 Å². The Morgan fingerprint density at radius 1 is 1.33 bits per heavy atom. The first kappa shape index (κ1) is 12.6. The van der Waals surface area contributed by atoms with E-state index < -0.39 is 15.7 Å². The fourth-order valence-electron chi connectivity index (χ4n) is 1.96. The van der Waals surface area contributed by atoms with Crippen LogP contribution >= 0.6 is 0 Å². The lowest BCUT2D eigenvalue weighted by Gasteiger charge is -2.07. The Balaban J connectivity index is 2.67. The molecular formula is C12H14N2O3S. The van der Waals surface area contributed by atoms with Crippen LogP contribution in [0.5, 0.6) is 0 Å². The topological polar surface area (TPSA) is 89.3 Å². The molecule has 0 unspecified atom stereocenters. The highest BCUT2D eigenvalue weighted by molar-refractivity contribution is 7.97. The molecule has 1 amide bonds. The van der Waals surface area contributed by atoms with Gasteiger partial charge in [-0.15, -0.1) is 0 Å². The largest absolute Gasteiger partial charge is 0.383 e. The van der Waals surface area contributed by atoms with Crippen molar-refractivity contribution in [3.8, 4) is 0 Å². The highest BCUT2D eigenvalue weighted by Gasteiger charge is 2.38. The molecule has 5 nitrogen and oxygen atoms in total. The summed E-state index contributed by atoms with van der Waals surface area (Å²) in [6.45, 7) is 2.53. The number of amides is 1. The molecule has 18 heavy (non-hydrogen) atoms. The molecule has 1 aliphatic rings. The van der Waals surface area contributed by atoms with Crippen LogP contribution in [-0.4, -0.2) is 20.9 Å². The lowest BCUT2D eigenvalue weighted by atomic mass is 10.1. The second kappa shape index (κ2) is 4.45. The third kappa shape index (κ3) is 1.78. The molecule has 96 valence electrons. The number of nitrogens with one attached hydrogen (secondary N) is 1. The Morgan fingerprint density at radius 2 is 2.00 bits per heavy atom. The third-order valence-electron chi connectivity index (χ3n) is 2.72. The van der Waals surface area contributed by atoms with Gasteiger partial charge in [0.15, 0.2) is 4.91 Å². The van der Waals surface area contributed by atoms with Crippen LogP contribution in [0.3, 0.4) is 0 Å². The van der Waals surface area contributed by atoms with Crippen molar-refractivity contribution in [2.24, 2.45) is 5.73 Å². The van der Waals surface area contributed by atoms with Crippen molar-refractivity contribution in [2.75, 3.05) is 6.54 Å². The number of fused-ring (bicyclic) bond motifs is 1. The average Bonchev–Trinajstić information content (AvgIpc) is 2.55. The minimum atomic E-state index is -3.78. The van der Waals surface area contributed by atoms with E-state index in [1.807, 2.05) is 6.92 Å². The van der Waals surface area contributed by atoms with E-state index >= 15 is 0 Å². The van der Waals surface area contributed by atoms with Crippen molar-refractivity contribution in [3.63, 3.8) is 0 Å². The smallest absolute Gasteiger partial charge is 0.262 e. The van der Waals surface area contributed by atoms with Crippen LogP contribution in [0.2, 0.25) is 0 Å². The fraction of sp³-hybridized carbons (Fsp3) is 0.250. The molecule has 0 saturated heterocycles. The van der Waals surface area contributed by atoms with Crippen LogP contribution in [0.25, 0.3) is 5.70 Å². The van der Waals surface area contributed by atoms with Gasteiger partial charge >= 0.3 is 0 Å². The summed E-state index contributed by atoms with van der Waals surface area (Å²) >= 11 is 0. The van der Waals surface area contributed by atoms with Crippen LogP contribution in [0.15, 0.2) is 34.1 Å². The Bertz CT molecular complexity index is 632. The fourth-order valence-corrected chi connectivity index (χ4v) is 3.61. The standard InChI is InChI=1S/C12H14N2O3S/c1-2-7-14-10-8-5-3-4-6-9(8)18(16,17)11(10)12(13)15/h3-6,14H,2,7H2,1H3,(H2,13,15). The van der Waals surface area contributed by atoms with Crippen molar-refractivity contribution < 1.29 is 13.2 Å². The monoisotopic (exact) mass is 266 g/mol. The summed E-state index contributed by atoms with van der Waals surface area (Å²) in [6, 6.07) is 6.50. The number of sulfone groups is 1. The van der Waals surface area contributed by atoms with E-state index in [0.29, 0.717) is 17.8 Å². The van der Waals surface area contributed by atoms with Gasteiger partial charge in [0, 0.05) is 12.1 Å². The van der Waals surface area contributed by atoms with Gasteiger partial charge in [0.1, 0.15) is 0 Å². The molecule has 0 saturated carbocycles. The van der Waals surface area contributed by atoms with Gasteiger partial charge in [-0.1, -0.05) is 25.1 Å². The molecule has 0 fully saturated rings. The summed E-state index contributed by atoms with van der Waals surface area (Å²) in [5.74, 6) is -0.926. The Morgan fingerprint density at radius 3 is 2.61 bits per heavy atom. The van der Waals surface area contributed by atoms with Crippen molar-refractivity contribution in [1.29, 1.82) is 0 Å². The molecule has 3 N–H and O–H groups in total. The molecule has 0 radical (unpaired) electrons. The molecule has 1 aromatic rings. The summed E-state index contributed by atoms with van der Waals surface area (Å²) in [7, 11) is -3.78. The molecule has 0 aromatic heterocycles. The Labute approximate surface area is 106 Å². The SMILES string of the molecule is CCCNC1=C(C(N)=O)S(=O)(=O)c2ccccc21. The summed E-state index contributed by atoms with van der Waals surface area (Å²) < 4.78 is 24.4. The zero-order valence-electron chi connectivity index (χ0n) is 9.93. The van der Waals surface area contributed by atoms with E-state index in [2.05, 4.69) is 5.32 Å². The third-order valence-corrected chi connectivity index (χ3v) is 4.60. The van der Waals surface area contributed by atoms with Crippen LogP contribution < -0.4 is 11.1 Å². The molecule has 2 rings (SSSR count). The number of carbonyl (C=O) groups excluding carboxylic acids is 1. The molecule has 1 aromatic carbocycles. The molecule has 0 atom stereocenters. The van der Waals surface area contributed by atoms with E-state index in [-0.39, 0.29) is 9.80 Å². The molecular weight excluding hydrogens is 252 g/mol. The quantitative estimate of drug-likeness (QED) is 0.836. The van der Waals surface area contributed by atoms with Gasteiger partial charge in [0.25, 0.3) is 5.91 Å². The van der Waals surface area contributed by atoms with E-state index in [0.717, 1.165) is 6.42 Å². The number of benzene rings is 1. The first-order valence-corrected chi connectivity index (χ1v) is 7.11. The van der Waals surface area contributed by atoms with Crippen molar-refractivity contribution in [1.82, 2.24) is 5.32 Å². The zero-order valence-corrected chi connectivity index (χ0v) is 10.8. The second-order valence-electron chi connectivity index (χ2n) is 3.99. The average molecular weight is 266 g/mol. The van der Waals surface area contributed by atoms with Crippen LogP contribution in [0.4, 0.5) is 0 Å². The van der Waals surface area contributed by atoms with E-state index in [4.69, 9.17) is 5.73 Å². The lowest BCUT2D eigenvalue weighted by molar-refractivity contribution is -0.113. The number of hydrogen-bond acceptors (Lipinski definition) is 4. The van der Waals surface area contributed by atoms with Crippen molar-refractivity contribution >= 4 is 21.4 Å². The van der Waals surface area contributed by atoms with Crippen molar-refractivity contribution in [3.05, 3.63) is 34.7 Å². The Kier molecular flexibility index (Phi) is 3.13. The molecule has 0 spiro atoms. The predicted octanol–water partition coefficient (Wildman–Crippen LogP) is 0.627. The van der Waals surface area contributed by atoms with Gasteiger partial charge in [0.2, 0.25) is 9.84 Å². The van der Waals surface area contributed by atoms with Crippen LogP contribution in [-0.2, 0) is 14.6 Å². The molecule has 1 aliphatic heterocycles. The number of rotatable bonds is 4. The van der Waals surface area contributed by atoms with Gasteiger partial charge < -0.3 is 11.1 Å². The number of hydrogen-bond donors (Lipinski definition) is 2. The highest BCUT2D eigenvalue weighted by Crippen LogP contribution is 2.37. The van der Waals surface area contributed by atoms with Gasteiger partial charge in [-0.3, -0.25) is 4.79 Å². The van der Waals surface area contributed by atoms with Crippen molar-refractivity contribution in [2.45, 2.75) is 18.2 Å². The van der Waals surface area contributed by atoms with Crippen LogP contribution in [0.1, 0.15) is 18.9 Å². The normalized spacial score (nSPS) is 16.5. The van der Waals surface area contributed by atoms with Gasteiger partial charge in [0.05, 0.1) is 10.6 Å². The van der Waals surface area contributed by atoms with Gasteiger partial charge in [-0.25, -0.2) is 8.42 Å². The first-order chi connectivity index (χ1) is 8.50. The van der Waals surface area contributed by atoms with Crippen LogP contribution in [0, 0.1) is 0 Å². The van der Waals surface area contributed by atoms with E-state index in [1.165, 1.54) is 6.07 Å². The summed E-state index contributed by atoms with van der Waals surface area (Å²) in [5.41, 5.74) is 6.03. The minimum Gasteiger partial charge on any atom is -0.383 e. The maximum absolute atomic E-state index is 12.2. The van der Waals surface area contributed by atoms with Gasteiger partial charge in [-0.05, 0) is 12.5 Å². The number of carbonyl (C=O) groups is 1. The number of nitrogens with two attached hydrogens (primary N) is 1. The maximum atomic E-state index is 12.2. The highest BCUT2D eigenvalue weighted by atomic mass is 32.2. The maximum Gasteiger partial charge on any atom is 0.262 e. The van der Waals surface area contributed by atoms with Gasteiger partial charge in [-0.2, -0.15) is 0 Å². The molecule has 0 aliphatic carbocycles. The summed E-state index contributed by atoms with van der Waals surface area (Å²) in [4.78, 5) is 11.2. The number of primary amides is 1. The minimum absolute atomic E-state index is 0.136. The lowest BCUT2D eigenvalue weighted by Crippen LogP contribution is -2.23. The summed E-state index contributed by atoms with van der Waals surface area (Å²) in [6.07, 6.45) is 0.817. The second-order valence-corrected chi connectivity index (χ2v) is 5.85.